The van der Waals surface area contributed by atoms with Crippen molar-refractivity contribution in [3.8, 4) is 0 Å². The predicted octanol–water partition coefficient (Wildman–Crippen LogP) is 2.89. The highest BCUT2D eigenvalue weighted by atomic mass is 79.9. The second-order valence-electron chi connectivity index (χ2n) is 3.81. The van der Waals surface area contributed by atoms with Gasteiger partial charge in [0.05, 0.1) is 5.52 Å². The van der Waals surface area contributed by atoms with Crippen molar-refractivity contribution in [3.05, 3.63) is 40.5 Å². The number of hydrogen-bond acceptors (Lipinski definition) is 2. The van der Waals surface area contributed by atoms with Crippen molar-refractivity contribution >= 4 is 26.8 Å². The van der Waals surface area contributed by atoms with Gasteiger partial charge in [-0.3, -0.25) is 4.98 Å². The fourth-order valence-electron chi connectivity index (χ4n) is 1.70. The molecule has 0 aliphatic heterocycles. The van der Waals surface area contributed by atoms with Crippen LogP contribution in [-0.2, 0) is 6.42 Å². The van der Waals surface area contributed by atoms with Gasteiger partial charge in [0, 0.05) is 22.1 Å². The molecule has 0 radical (unpaired) electrons. The topological polar surface area (TPSA) is 38.9 Å². The first kappa shape index (κ1) is 10.6. The minimum atomic E-state index is 0.176. The molecule has 0 saturated heterocycles. The van der Waals surface area contributed by atoms with Gasteiger partial charge in [-0.25, -0.2) is 0 Å². The summed E-state index contributed by atoms with van der Waals surface area (Å²) in [6, 6.07) is 8.34. The molecule has 0 fully saturated rings. The van der Waals surface area contributed by atoms with Crippen molar-refractivity contribution in [2.24, 2.45) is 5.73 Å². The second-order valence-corrected chi connectivity index (χ2v) is 4.73. The summed E-state index contributed by atoms with van der Waals surface area (Å²) in [5, 5.41) is 1.18. The maximum Gasteiger partial charge on any atom is 0.0705 e. The van der Waals surface area contributed by atoms with E-state index in [9.17, 15) is 0 Å². The van der Waals surface area contributed by atoms with Crippen LogP contribution in [0, 0.1) is 0 Å². The molecule has 0 aliphatic rings. The summed E-state index contributed by atoms with van der Waals surface area (Å²) in [6.45, 7) is 2.02. The summed E-state index contributed by atoms with van der Waals surface area (Å²) in [6.07, 6.45) is 2.73. The molecule has 0 aliphatic carbocycles. The Kier molecular flexibility index (Phi) is 3.03. The van der Waals surface area contributed by atoms with Crippen molar-refractivity contribution in [2.45, 2.75) is 19.4 Å². The van der Waals surface area contributed by atoms with Gasteiger partial charge in [-0.05, 0) is 43.2 Å². The van der Waals surface area contributed by atoms with Crippen LogP contribution in [0.4, 0.5) is 0 Å². The SMILES string of the molecule is CC(N)Cc1ccnc2ccc(Br)cc12. The van der Waals surface area contributed by atoms with E-state index in [1.807, 2.05) is 31.3 Å². The molecule has 2 aromatic rings. The van der Waals surface area contributed by atoms with Gasteiger partial charge in [0.25, 0.3) is 0 Å². The zero-order valence-electron chi connectivity index (χ0n) is 8.57. The molecular weight excluding hydrogens is 252 g/mol. The minimum Gasteiger partial charge on any atom is -0.328 e. The zero-order valence-corrected chi connectivity index (χ0v) is 10.2. The van der Waals surface area contributed by atoms with Crippen LogP contribution in [0.25, 0.3) is 10.9 Å². The first-order chi connectivity index (χ1) is 7.16. The lowest BCUT2D eigenvalue weighted by molar-refractivity contribution is 0.741. The molecule has 2 nitrogen and oxygen atoms in total. The standard InChI is InChI=1S/C12H13BrN2/c1-8(14)6-9-4-5-15-12-3-2-10(13)7-11(9)12/h2-5,7-8H,6,14H2,1H3. The Morgan fingerprint density at radius 1 is 1.40 bits per heavy atom. The van der Waals surface area contributed by atoms with Crippen molar-refractivity contribution in [1.82, 2.24) is 4.98 Å². The number of nitrogens with zero attached hydrogens (tertiary/aromatic N) is 1. The smallest absolute Gasteiger partial charge is 0.0705 e. The molecule has 0 spiro atoms. The average molecular weight is 265 g/mol. The third-order valence-electron chi connectivity index (χ3n) is 2.34. The molecular formula is C12H13BrN2. The first-order valence-electron chi connectivity index (χ1n) is 4.95. The average Bonchev–Trinajstić information content (AvgIpc) is 2.18. The number of halogens is 1. The van der Waals surface area contributed by atoms with Gasteiger partial charge in [-0.1, -0.05) is 15.9 Å². The minimum absolute atomic E-state index is 0.176. The van der Waals surface area contributed by atoms with E-state index >= 15 is 0 Å². The van der Waals surface area contributed by atoms with Crippen LogP contribution < -0.4 is 5.73 Å². The Hall–Kier alpha value is -0.930. The highest BCUT2D eigenvalue weighted by Crippen LogP contribution is 2.22. The van der Waals surface area contributed by atoms with Gasteiger partial charge in [0.2, 0.25) is 0 Å². The maximum atomic E-state index is 5.82. The van der Waals surface area contributed by atoms with E-state index in [0.717, 1.165) is 16.4 Å². The molecule has 0 bridgehead atoms. The number of nitrogens with two attached hydrogens (primary N) is 1. The molecule has 2 rings (SSSR count). The number of pyridine rings is 1. The van der Waals surface area contributed by atoms with Gasteiger partial charge in [0.15, 0.2) is 0 Å². The summed E-state index contributed by atoms with van der Waals surface area (Å²) in [5.41, 5.74) is 8.11. The maximum absolute atomic E-state index is 5.82. The second kappa shape index (κ2) is 4.29. The number of hydrogen-bond donors (Lipinski definition) is 1. The third kappa shape index (κ3) is 2.36. The number of rotatable bonds is 2. The molecule has 0 saturated carbocycles. The Morgan fingerprint density at radius 2 is 2.20 bits per heavy atom. The van der Waals surface area contributed by atoms with Crippen LogP contribution in [0.5, 0.6) is 0 Å². The van der Waals surface area contributed by atoms with E-state index in [0.29, 0.717) is 0 Å². The summed E-state index contributed by atoms with van der Waals surface area (Å²) < 4.78 is 1.08. The van der Waals surface area contributed by atoms with Crippen LogP contribution in [0.2, 0.25) is 0 Å². The Morgan fingerprint density at radius 3 is 2.93 bits per heavy atom. The third-order valence-corrected chi connectivity index (χ3v) is 2.83. The summed E-state index contributed by atoms with van der Waals surface area (Å²) in [5.74, 6) is 0. The molecule has 1 unspecified atom stereocenters. The van der Waals surface area contributed by atoms with Crippen LogP contribution in [0.3, 0.4) is 0 Å². The lowest BCUT2D eigenvalue weighted by Gasteiger charge is -2.08. The van der Waals surface area contributed by atoms with Gasteiger partial charge >= 0.3 is 0 Å². The van der Waals surface area contributed by atoms with Crippen molar-refractivity contribution in [2.75, 3.05) is 0 Å². The normalized spacial score (nSPS) is 13.0. The molecule has 1 atom stereocenters. The number of benzene rings is 1. The molecule has 1 aromatic heterocycles. The van der Waals surface area contributed by atoms with Gasteiger partial charge in [-0.15, -0.1) is 0 Å². The van der Waals surface area contributed by atoms with E-state index < -0.39 is 0 Å². The fourth-order valence-corrected chi connectivity index (χ4v) is 2.06. The van der Waals surface area contributed by atoms with Gasteiger partial charge in [-0.2, -0.15) is 0 Å². The Balaban J connectivity index is 2.58. The predicted molar refractivity (Wildman–Crippen MR) is 66.8 cm³/mol. The lowest BCUT2D eigenvalue weighted by Crippen LogP contribution is -2.17. The zero-order chi connectivity index (χ0) is 10.8. The van der Waals surface area contributed by atoms with Crippen molar-refractivity contribution in [3.63, 3.8) is 0 Å². The summed E-state index contributed by atoms with van der Waals surface area (Å²) in [4.78, 5) is 4.33. The van der Waals surface area contributed by atoms with E-state index in [-0.39, 0.29) is 6.04 Å². The number of fused-ring (bicyclic) bond motifs is 1. The van der Waals surface area contributed by atoms with Crippen LogP contribution in [0.15, 0.2) is 34.9 Å². The summed E-state index contributed by atoms with van der Waals surface area (Å²) >= 11 is 3.47. The van der Waals surface area contributed by atoms with Crippen molar-refractivity contribution < 1.29 is 0 Å². The van der Waals surface area contributed by atoms with E-state index in [4.69, 9.17) is 5.73 Å². The molecule has 1 heterocycles. The van der Waals surface area contributed by atoms with E-state index in [1.165, 1.54) is 10.9 Å². The van der Waals surface area contributed by atoms with E-state index in [1.54, 1.807) is 0 Å². The highest BCUT2D eigenvalue weighted by Gasteiger charge is 2.04. The molecule has 2 N–H and O–H groups in total. The molecule has 1 aromatic carbocycles. The Labute approximate surface area is 97.6 Å². The largest absolute Gasteiger partial charge is 0.328 e. The van der Waals surface area contributed by atoms with Gasteiger partial charge < -0.3 is 5.73 Å². The molecule has 15 heavy (non-hydrogen) atoms. The number of aromatic nitrogens is 1. The van der Waals surface area contributed by atoms with Crippen LogP contribution >= 0.6 is 15.9 Å². The molecule has 78 valence electrons. The highest BCUT2D eigenvalue weighted by molar-refractivity contribution is 9.10. The molecule has 3 heteroatoms. The monoisotopic (exact) mass is 264 g/mol. The Bertz CT molecular complexity index is 480. The van der Waals surface area contributed by atoms with Crippen LogP contribution in [-0.4, -0.2) is 11.0 Å². The first-order valence-corrected chi connectivity index (χ1v) is 5.75. The lowest BCUT2D eigenvalue weighted by atomic mass is 10.0. The summed E-state index contributed by atoms with van der Waals surface area (Å²) in [7, 11) is 0. The molecule has 0 amide bonds. The fraction of sp³-hybridized carbons (Fsp3) is 0.250. The van der Waals surface area contributed by atoms with Crippen LogP contribution in [0.1, 0.15) is 12.5 Å². The quantitative estimate of drug-likeness (QED) is 0.906. The van der Waals surface area contributed by atoms with E-state index in [2.05, 4.69) is 27.0 Å². The van der Waals surface area contributed by atoms with Gasteiger partial charge in [0.1, 0.15) is 0 Å². The van der Waals surface area contributed by atoms with Crippen molar-refractivity contribution in [1.29, 1.82) is 0 Å².